The second-order valence-corrected chi connectivity index (χ2v) is 6.13. The highest BCUT2D eigenvalue weighted by atomic mass is 16.5. The Morgan fingerprint density at radius 2 is 2.24 bits per heavy atom. The van der Waals surface area contributed by atoms with Crippen LogP contribution in [0.1, 0.15) is 43.2 Å². The van der Waals surface area contributed by atoms with Gasteiger partial charge < -0.3 is 15.8 Å². The zero-order chi connectivity index (χ0) is 17.8. The molecule has 1 atom stereocenters. The summed E-state index contributed by atoms with van der Waals surface area (Å²) < 4.78 is 5.77. The van der Waals surface area contributed by atoms with Crippen molar-refractivity contribution in [3.63, 3.8) is 0 Å². The lowest BCUT2D eigenvalue weighted by Gasteiger charge is -2.11. The number of ether oxygens (including phenoxy) is 1. The molecule has 0 radical (unpaired) electrons. The molecule has 6 nitrogen and oxygen atoms in total. The maximum atomic E-state index is 11.8. The number of pyridine rings is 1. The number of hydrogen-bond acceptors (Lipinski definition) is 5. The maximum Gasteiger partial charge on any atom is 0.241 e. The van der Waals surface area contributed by atoms with E-state index in [0.717, 1.165) is 18.4 Å². The van der Waals surface area contributed by atoms with Crippen LogP contribution >= 0.6 is 0 Å². The van der Waals surface area contributed by atoms with Crippen LogP contribution in [0.15, 0.2) is 36.5 Å². The molecule has 2 aromatic rings. The van der Waals surface area contributed by atoms with Gasteiger partial charge in [0.05, 0.1) is 29.6 Å². The Hall–Kier alpha value is -2.91. The van der Waals surface area contributed by atoms with E-state index in [9.17, 15) is 10.1 Å². The molecule has 128 valence electrons. The molecule has 1 aromatic heterocycles. The quantitative estimate of drug-likeness (QED) is 0.843. The smallest absolute Gasteiger partial charge is 0.241 e. The Bertz CT molecular complexity index is 807. The molecule has 1 aromatic carbocycles. The number of carbonyl (C=O) groups excluding carboxylic acids is 1. The third kappa shape index (κ3) is 4.14. The average Bonchev–Trinajstić information content (AvgIpc) is 3.47. The Kier molecular flexibility index (Phi) is 4.96. The fourth-order valence-corrected chi connectivity index (χ4v) is 2.49. The minimum absolute atomic E-state index is 0.237. The van der Waals surface area contributed by atoms with Gasteiger partial charge in [-0.2, -0.15) is 5.26 Å². The third-order valence-corrected chi connectivity index (χ3v) is 4.16. The average molecular weight is 336 g/mol. The van der Waals surface area contributed by atoms with E-state index >= 15 is 0 Å². The fraction of sp³-hybridized carbons (Fsp3) is 0.316. The molecule has 25 heavy (non-hydrogen) atoms. The summed E-state index contributed by atoms with van der Waals surface area (Å²) in [6.07, 6.45) is 4.33. The van der Waals surface area contributed by atoms with Crippen LogP contribution < -0.4 is 15.8 Å². The van der Waals surface area contributed by atoms with Crippen molar-refractivity contribution in [2.24, 2.45) is 5.73 Å². The number of rotatable bonds is 6. The summed E-state index contributed by atoms with van der Waals surface area (Å²) >= 11 is 0. The molecule has 1 aliphatic rings. The molecule has 0 aliphatic heterocycles. The Morgan fingerprint density at radius 1 is 1.44 bits per heavy atom. The molecule has 3 N–H and O–H groups in total. The molecule has 0 unspecified atom stereocenters. The van der Waals surface area contributed by atoms with Gasteiger partial charge in [-0.3, -0.25) is 4.79 Å². The van der Waals surface area contributed by atoms with Crippen molar-refractivity contribution in [1.29, 1.82) is 5.26 Å². The molecular weight excluding hydrogens is 316 g/mol. The number of amides is 1. The Labute approximate surface area is 146 Å². The molecule has 1 aliphatic carbocycles. The highest BCUT2D eigenvalue weighted by molar-refractivity contribution is 5.94. The van der Waals surface area contributed by atoms with Crippen molar-refractivity contribution in [2.45, 2.75) is 38.1 Å². The van der Waals surface area contributed by atoms with Gasteiger partial charge >= 0.3 is 0 Å². The van der Waals surface area contributed by atoms with Gasteiger partial charge in [0.25, 0.3) is 0 Å². The summed E-state index contributed by atoms with van der Waals surface area (Å²) in [4.78, 5) is 16.0. The van der Waals surface area contributed by atoms with Crippen molar-refractivity contribution in [2.75, 3.05) is 5.32 Å². The predicted octanol–water partition coefficient (Wildman–Crippen LogP) is 3.30. The summed E-state index contributed by atoms with van der Waals surface area (Å²) in [5.41, 5.74) is 7.99. The van der Waals surface area contributed by atoms with Gasteiger partial charge in [0.1, 0.15) is 5.75 Å². The topological polar surface area (TPSA) is 101 Å². The lowest BCUT2D eigenvalue weighted by molar-refractivity contribution is -0.117. The van der Waals surface area contributed by atoms with Crippen LogP contribution in [0, 0.1) is 11.3 Å². The van der Waals surface area contributed by atoms with Crippen LogP contribution in [0.5, 0.6) is 11.6 Å². The maximum absolute atomic E-state index is 11.8. The summed E-state index contributed by atoms with van der Waals surface area (Å²) in [5, 5.41) is 11.9. The second-order valence-electron chi connectivity index (χ2n) is 6.13. The molecule has 1 heterocycles. The lowest BCUT2D eigenvalue weighted by Crippen LogP contribution is -2.34. The molecule has 1 fully saturated rings. The zero-order valence-corrected chi connectivity index (χ0v) is 14.0. The second kappa shape index (κ2) is 7.32. The van der Waals surface area contributed by atoms with Crippen LogP contribution in [-0.4, -0.2) is 16.9 Å². The van der Waals surface area contributed by atoms with E-state index in [1.54, 1.807) is 24.3 Å². The minimum atomic E-state index is -0.532. The molecule has 0 spiro atoms. The lowest BCUT2D eigenvalue weighted by atomic mass is 10.0. The van der Waals surface area contributed by atoms with Gasteiger partial charge in [-0.15, -0.1) is 0 Å². The van der Waals surface area contributed by atoms with Gasteiger partial charge in [0.2, 0.25) is 11.8 Å². The predicted molar refractivity (Wildman–Crippen MR) is 94.3 cm³/mol. The van der Waals surface area contributed by atoms with Gasteiger partial charge in [0.15, 0.2) is 0 Å². The summed E-state index contributed by atoms with van der Waals surface area (Å²) in [6.45, 7) is 1.85. The monoisotopic (exact) mass is 336 g/mol. The highest BCUT2D eigenvalue weighted by Crippen LogP contribution is 2.43. The van der Waals surface area contributed by atoms with Gasteiger partial charge in [0, 0.05) is 6.07 Å². The van der Waals surface area contributed by atoms with Crippen molar-refractivity contribution in [3.05, 3.63) is 47.7 Å². The standard InChI is InChI=1S/C19H20N4O2/c1-2-17(21)19(24)23-14-6-8-18(22-11-14)25-15-7-5-13(10-20)16(9-15)12-3-4-12/h5-9,11-12,17H,2-4,21H2,1H3,(H,23,24)/t17-/m1/s1. The van der Waals surface area contributed by atoms with Gasteiger partial charge in [-0.25, -0.2) is 4.98 Å². The largest absolute Gasteiger partial charge is 0.439 e. The Morgan fingerprint density at radius 3 is 2.84 bits per heavy atom. The molecular formula is C19H20N4O2. The van der Waals surface area contributed by atoms with E-state index < -0.39 is 6.04 Å². The first-order valence-electron chi connectivity index (χ1n) is 8.35. The number of anilines is 1. The van der Waals surface area contributed by atoms with Crippen LogP contribution in [0.4, 0.5) is 5.69 Å². The van der Waals surface area contributed by atoms with Gasteiger partial charge in [-0.1, -0.05) is 6.92 Å². The van der Waals surface area contributed by atoms with Crippen molar-refractivity contribution >= 4 is 11.6 Å². The molecule has 0 bridgehead atoms. The van der Waals surface area contributed by atoms with Crippen LogP contribution in [0.25, 0.3) is 0 Å². The number of nitriles is 1. The first kappa shape index (κ1) is 16.9. The molecule has 1 amide bonds. The number of carbonyl (C=O) groups is 1. The summed E-state index contributed by atoms with van der Waals surface area (Å²) in [6, 6.07) is 10.6. The van der Waals surface area contributed by atoms with Crippen molar-refractivity contribution < 1.29 is 9.53 Å². The van der Waals surface area contributed by atoms with E-state index in [-0.39, 0.29) is 5.91 Å². The minimum Gasteiger partial charge on any atom is -0.439 e. The normalized spacial score (nSPS) is 14.4. The Balaban J connectivity index is 1.68. The van der Waals surface area contributed by atoms with Crippen LogP contribution in [0.3, 0.4) is 0 Å². The zero-order valence-electron chi connectivity index (χ0n) is 14.0. The van der Waals surface area contributed by atoms with E-state index in [2.05, 4.69) is 16.4 Å². The van der Waals surface area contributed by atoms with Crippen molar-refractivity contribution in [3.8, 4) is 17.7 Å². The number of benzene rings is 1. The molecule has 1 saturated carbocycles. The van der Waals surface area contributed by atoms with E-state index in [4.69, 9.17) is 10.5 Å². The van der Waals surface area contributed by atoms with E-state index in [1.165, 1.54) is 6.20 Å². The first-order valence-corrected chi connectivity index (χ1v) is 8.35. The van der Waals surface area contributed by atoms with Gasteiger partial charge in [-0.05, 0) is 55.0 Å². The summed E-state index contributed by atoms with van der Waals surface area (Å²) in [7, 11) is 0. The number of nitrogens with zero attached hydrogens (tertiary/aromatic N) is 2. The van der Waals surface area contributed by atoms with E-state index in [1.807, 2.05) is 13.0 Å². The number of aromatic nitrogens is 1. The highest BCUT2D eigenvalue weighted by Gasteiger charge is 2.26. The molecule has 6 heteroatoms. The van der Waals surface area contributed by atoms with Crippen LogP contribution in [0.2, 0.25) is 0 Å². The number of nitrogens with one attached hydrogen (secondary N) is 1. The van der Waals surface area contributed by atoms with E-state index in [0.29, 0.717) is 35.2 Å². The third-order valence-electron chi connectivity index (χ3n) is 4.16. The fourth-order valence-electron chi connectivity index (χ4n) is 2.49. The number of hydrogen-bond donors (Lipinski definition) is 2. The van der Waals surface area contributed by atoms with Crippen molar-refractivity contribution in [1.82, 2.24) is 4.98 Å². The number of nitrogens with two attached hydrogens (primary N) is 1. The molecule has 0 saturated heterocycles. The first-order chi connectivity index (χ1) is 12.1. The SMILES string of the molecule is CC[C@@H](N)C(=O)Nc1ccc(Oc2ccc(C#N)c(C3CC3)c2)nc1. The summed E-state index contributed by atoms with van der Waals surface area (Å²) in [5.74, 6) is 1.30. The molecule has 3 rings (SSSR count). The van der Waals surface area contributed by atoms with Crippen LogP contribution in [-0.2, 0) is 4.79 Å².